The first kappa shape index (κ1) is 27.7. The van der Waals surface area contributed by atoms with Crippen LogP contribution in [0.1, 0.15) is 56.8 Å². The van der Waals surface area contributed by atoms with Gasteiger partial charge in [0.05, 0.1) is 11.1 Å². The molecule has 1 aliphatic heterocycles. The number of aryl methyl sites for hydroxylation is 2. The second kappa shape index (κ2) is 14.0. The van der Waals surface area contributed by atoms with E-state index in [2.05, 4.69) is 29.3 Å². The summed E-state index contributed by atoms with van der Waals surface area (Å²) < 4.78 is 29.5. The van der Waals surface area contributed by atoms with Crippen molar-refractivity contribution in [2.24, 2.45) is 0 Å². The quantitative estimate of drug-likeness (QED) is 0.303. The van der Waals surface area contributed by atoms with Crippen LogP contribution in [0.2, 0.25) is 10.0 Å². The third-order valence-electron chi connectivity index (χ3n) is 5.59. The largest absolute Gasteiger partial charge is 0.490 e. The minimum atomic E-state index is -0.549. The third-order valence-corrected chi connectivity index (χ3v) is 6.13. The van der Waals surface area contributed by atoms with Crippen LogP contribution in [-0.2, 0) is 24.2 Å². The average Bonchev–Trinajstić information content (AvgIpc) is 3.32. The molecule has 1 aromatic heterocycles. The highest BCUT2D eigenvalue weighted by atomic mass is 35.5. The Hall–Kier alpha value is -2.84. The summed E-state index contributed by atoms with van der Waals surface area (Å²) >= 11 is 11.5. The topological polar surface area (TPSA) is 86.5 Å². The molecule has 2 aromatic carbocycles. The van der Waals surface area contributed by atoms with E-state index in [0.717, 1.165) is 42.9 Å². The minimum absolute atomic E-state index is 0.0368. The first-order chi connectivity index (χ1) is 17.4. The van der Waals surface area contributed by atoms with E-state index in [4.69, 9.17) is 37.2 Å². The van der Waals surface area contributed by atoms with Gasteiger partial charge in [0, 0.05) is 23.6 Å². The summed E-state index contributed by atoms with van der Waals surface area (Å²) in [5.74, 6) is 1.63. The van der Waals surface area contributed by atoms with Gasteiger partial charge < -0.3 is 19.3 Å². The monoisotopic (exact) mass is 537 g/mol. The normalized spacial score (nSPS) is 15.1. The molecule has 0 saturated heterocycles. The molecule has 2 atom stereocenters. The standard InChI is InChI=1S/C16H19ClFN3O3.C10H11ClO/c1-2-3-11(19-10-22)4-7-16-20-15(21-24-16)9-23-12-5-6-13(17)14(18)8-12;1-7-2-3-8-6-9(11)4-5-10(8)12-7/h5-6,8,10-11H,2-4,7,9H2,1H3,(H,19,22);4-7H,2-3H2,1H3/t;7-/m.0/s1. The first-order valence-corrected chi connectivity index (χ1v) is 12.7. The van der Waals surface area contributed by atoms with E-state index in [1.54, 1.807) is 6.07 Å². The van der Waals surface area contributed by atoms with Crippen LogP contribution in [0.15, 0.2) is 40.9 Å². The molecule has 10 heteroatoms. The predicted molar refractivity (Wildman–Crippen MR) is 136 cm³/mol. The fourth-order valence-corrected chi connectivity index (χ4v) is 4.02. The Morgan fingerprint density at radius 3 is 2.83 bits per heavy atom. The van der Waals surface area contributed by atoms with Crippen LogP contribution in [-0.4, -0.2) is 28.7 Å². The van der Waals surface area contributed by atoms with Crippen LogP contribution < -0.4 is 14.8 Å². The smallest absolute Gasteiger partial charge is 0.226 e. The zero-order valence-corrected chi connectivity index (χ0v) is 21.8. The Morgan fingerprint density at radius 2 is 2.08 bits per heavy atom. The molecule has 4 rings (SSSR count). The number of benzene rings is 2. The van der Waals surface area contributed by atoms with Crippen molar-refractivity contribution in [1.29, 1.82) is 0 Å². The van der Waals surface area contributed by atoms with Crippen LogP contribution in [0.5, 0.6) is 11.5 Å². The second-order valence-electron chi connectivity index (χ2n) is 8.50. The van der Waals surface area contributed by atoms with Gasteiger partial charge in [-0.15, -0.1) is 0 Å². The average molecular weight is 538 g/mol. The van der Waals surface area contributed by atoms with Gasteiger partial charge in [-0.1, -0.05) is 41.7 Å². The minimum Gasteiger partial charge on any atom is -0.490 e. The van der Waals surface area contributed by atoms with E-state index < -0.39 is 5.82 Å². The molecule has 1 amide bonds. The fourth-order valence-electron chi connectivity index (χ4n) is 3.71. The molecule has 0 radical (unpaired) electrons. The van der Waals surface area contributed by atoms with Gasteiger partial charge in [0.1, 0.15) is 17.3 Å². The Labute approximate surface area is 220 Å². The molecule has 3 aromatic rings. The van der Waals surface area contributed by atoms with E-state index in [-0.39, 0.29) is 17.7 Å². The summed E-state index contributed by atoms with van der Waals surface area (Å²) in [5.41, 5.74) is 1.24. The number of fused-ring (bicyclic) bond motifs is 1. The third kappa shape index (κ3) is 8.68. The first-order valence-electron chi connectivity index (χ1n) is 11.9. The number of nitrogens with one attached hydrogen (secondary N) is 1. The molecule has 0 fully saturated rings. The van der Waals surface area contributed by atoms with Gasteiger partial charge in [0.2, 0.25) is 18.1 Å². The van der Waals surface area contributed by atoms with Gasteiger partial charge in [0.15, 0.2) is 6.61 Å². The van der Waals surface area contributed by atoms with Crippen molar-refractivity contribution < 1.29 is 23.2 Å². The maximum absolute atomic E-state index is 13.3. The van der Waals surface area contributed by atoms with E-state index in [0.29, 0.717) is 36.4 Å². The van der Waals surface area contributed by atoms with Crippen molar-refractivity contribution in [2.75, 3.05) is 0 Å². The molecule has 7 nitrogen and oxygen atoms in total. The Balaban J connectivity index is 0.000000249. The Kier molecular flexibility index (Phi) is 10.8. The van der Waals surface area contributed by atoms with E-state index in [9.17, 15) is 9.18 Å². The number of hydrogen-bond acceptors (Lipinski definition) is 6. The highest BCUT2D eigenvalue weighted by Crippen LogP contribution is 2.29. The lowest BCUT2D eigenvalue weighted by atomic mass is 10.0. The lowest BCUT2D eigenvalue weighted by Gasteiger charge is -2.23. The predicted octanol–water partition coefficient (Wildman–Crippen LogP) is 6.34. The second-order valence-corrected chi connectivity index (χ2v) is 9.34. The molecule has 36 heavy (non-hydrogen) atoms. The van der Waals surface area contributed by atoms with Crippen molar-refractivity contribution in [3.63, 3.8) is 0 Å². The highest BCUT2D eigenvalue weighted by molar-refractivity contribution is 6.31. The molecule has 0 saturated carbocycles. The van der Waals surface area contributed by atoms with Crippen LogP contribution in [0.25, 0.3) is 0 Å². The van der Waals surface area contributed by atoms with Gasteiger partial charge in [-0.3, -0.25) is 4.79 Å². The van der Waals surface area contributed by atoms with E-state index in [1.807, 2.05) is 18.2 Å². The van der Waals surface area contributed by atoms with E-state index >= 15 is 0 Å². The maximum Gasteiger partial charge on any atom is 0.226 e. The van der Waals surface area contributed by atoms with Gasteiger partial charge in [-0.2, -0.15) is 4.98 Å². The van der Waals surface area contributed by atoms with Crippen molar-refractivity contribution in [3.05, 3.63) is 69.5 Å². The number of halogens is 3. The summed E-state index contributed by atoms with van der Waals surface area (Å²) in [4.78, 5) is 14.8. The summed E-state index contributed by atoms with van der Waals surface area (Å²) in [7, 11) is 0. The van der Waals surface area contributed by atoms with Crippen LogP contribution in [0.4, 0.5) is 4.39 Å². The zero-order valence-electron chi connectivity index (χ0n) is 20.3. The molecule has 194 valence electrons. The van der Waals surface area contributed by atoms with Gasteiger partial charge in [-0.05, 0) is 68.5 Å². The van der Waals surface area contributed by atoms with Gasteiger partial charge in [0.25, 0.3) is 0 Å². The molecular formula is C26H30Cl2FN3O4. The molecule has 1 aliphatic rings. The summed E-state index contributed by atoms with van der Waals surface area (Å²) in [5, 5.41) is 7.43. The number of hydrogen-bond donors (Lipinski definition) is 1. The summed E-state index contributed by atoms with van der Waals surface area (Å²) in [6.07, 6.45) is 6.38. The summed E-state index contributed by atoms with van der Waals surface area (Å²) in [6, 6.07) is 10.1. The van der Waals surface area contributed by atoms with Crippen molar-refractivity contribution >= 4 is 29.6 Å². The van der Waals surface area contributed by atoms with Gasteiger partial charge in [-0.25, -0.2) is 4.39 Å². The summed E-state index contributed by atoms with van der Waals surface area (Å²) in [6.45, 7) is 4.22. The van der Waals surface area contributed by atoms with Crippen LogP contribution in [0.3, 0.4) is 0 Å². The number of nitrogens with zero attached hydrogens (tertiary/aromatic N) is 2. The molecule has 1 unspecified atom stereocenters. The molecular weight excluding hydrogens is 508 g/mol. The van der Waals surface area contributed by atoms with Crippen molar-refractivity contribution in [3.8, 4) is 11.5 Å². The Morgan fingerprint density at radius 1 is 1.25 bits per heavy atom. The number of aromatic nitrogens is 2. The number of carbonyl (C=O) groups is 1. The molecule has 0 aliphatic carbocycles. The number of carbonyl (C=O) groups excluding carboxylic acids is 1. The Bertz CT molecular complexity index is 1130. The SMILES string of the molecule is CCCC(CCc1nc(COc2ccc(Cl)c(F)c2)no1)NC=O.C[C@H]1CCc2cc(Cl)ccc2O1. The highest BCUT2D eigenvalue weighted by Gasteiger charge is 2.15. The van der Waals surface area contributed by atoms with Gasteiger partial charge >= 0.3 is 0 Å². The molecule has 0 bridgehead atoms. The lowest BCUT2D eigenvalue weighted by molar-refractivity contribution is -0.110. The fraction of sp³-hybridized carbons (Fsp3) is 0.423. The van der Waals surface area contributed by atoms with E-state index in [1.165, 1.54) is 17.7 Å². The van der Waals surface area contributed by atoms with Crippen LogP contribution in [0, 0.1) is 5.82 Å². The zero-order chi connectivity index (χ0) is 25.9. The molecule has 2 heterocycles. The number of amides is 1. The lowest BCUT2D eigenvalue weighted by Crippen LogP contribution is -2.28. The van der Waals surface area contributed by atoms with Crippen LogP contribution >= 0.6 is 23.2 Å². The van der Waals surface area contributed by atoms with Crippen molar-refractivity contribution in [1.82, 2.24) is 15.5 Å². The number of ether oxygens (including phenoxy) is 2. The molecule has 0 spiro atoms. The maximum atomic E-state index is 13.3. The number of rotatable bonds is 10. The van der Waals surface area contributed by atoms with Crippen molar-refractivity contribution in [2.45, 2.75) is 71.1 Å². The molecule has 1 N–H and O–H groups in total.